The average molecular weight is 284 g/mol. The van der Waals surface area contributed by atoms with Crippen molar-refractivity contribution in [3.05, 3.63) is 11.8 Å². The van der Waals surface area contributed by atoms with Crippen molar-refractivity contribution in [1.82, 2.24) is 10.5 Å². The fraction of sp³-hybridized carbons (Fsp3) is 0.583. The predicted octanol–water partition coefficient (Wildman–Crippen LogP) is 2.16. The summed E-state index contributed by atoms with van der Waals surface area (Å²) in [6.07, 6.45) is 0. The van der Waals surface area contributed by atoms with Crippen LogP contribution in [0.1, 0.15) is 32.4 Å². The topological polar surface area (TPSA) is 81.4 Å². The first-order valence-corrected chi connectivity index (χ1v) is 6.96. The molecule has 2 atom stereocenters. The van der Waals surface area contributed by atoms with Crippen LogP contribution in [-0.2, 0) is 4.79 Å². The summed E-state index contributed by atoms with van der Waals surface area (Å²) in [6.45, 7) is 6.16. The summed E-state index contributed by atoms with van der Waals surface area (Å²) in [5.41, 5.74) is 0. The maximum absolute atomic E-state index is 11.5. The third-order valence-electron chi connectivity index (χ3n) is 2.80. The van der Waals surface area contributed by atoms with Gasteiger partial charge in [-0.25, -0.2) is 0 Å². The first-order valence-electron chi connectivity index (χ1n) is 6.08. The summed E-state index contributed by atoms with van der Waals surface area (Å²) in [4.78, 5) is 22.6. The van der Waals surface area contributed by atoms with Gasteiger partial charge in [-0.05, 0) is 5.16 Å². The summed E-state index contributed by atoms with van der Waals surface area (Å²) in [5.74, 6) is 1.07. The van der Waals surface area contributed by atoms with Gasteiger partial charge < -0.3 is 9.26 Å². The molecule has 1 fully saturated rings. The molecule has 2 amide bonds. The highest BCUT2D eigenvalue weighted by molar-refractivity contribution is 8.15. The Morgan fingerprint density at radius 2 is 2.21 bits per heavy atom. The second-order valence-electron chi connectivity index (χ2n) is 4.83. The Hall–Kier alpha value is -1.50. The molecule has 1 aromatic heterocycles. The van der Waals surface area contributed by atoms with E-state index in [1.165, 1.54) is 0 Å². The first-order chi connectivity index (χ1) is 8.97. The molecule has 0 aliphatic carbocycles. The van der Waals surface area contributed by atoms with E-state index >= 15 is 0 Å². The van der Waals surface area contributed by atoms with Crippen LogP contribution in [0.3, 0.4) is 0 Å². The number of hydrogen-bond acceptors (Lipinski definition) is 6. The molecule has 0 radical (unpaired) electrons. The third kappa shape index (κ3) is 3.28. The van der Waals surface area contributed by atoms with E-state index < -0.39 is 5.25 Å². The number of thioether (sulfide) groups is 1. The number of nitrogens with one attached hydrogen (secondary N) is 1. The highest BCUT2D eigenvalue weighted by atomic mass is 32.2. The molecule has 2 heterocycles. The van der Waals surface area contributed by atoms with Crippen LogP contribution in [0.25, 0.3) is 0 Å². The summed E-state index contributed by atoms with van der Waals surface area (Å²) >= 11 is 1.00. The van der Waals surface area contributed by atoms with Gasteiger partial charge in [-0.1, -0.05) is 32.5 Å². The molecule has 2 rings (SSSR count). The number of ether oxygens (including phenoxy) is 1. The molecule has 1 N–H and O–H groups in total. The molecular weight excluding hydrogens is 268 g/mol. The molecule has 0 spiro atoms. The molecular formula is C12H16N2O4S. The van der Waals surface area contributed by atoms with Crippen molar-refractivity contribution in [2.45, 2.75) is 31.9 Å². The van der Waals surface area contributed by atoms with Gasteiger partial charge in [0.25, 0.3) is 11.1 Å². The third-order valence-corrected chi connectivity index (χ3v) is 4.05. The summed E-state index contributed by atoms with van der Waals surface area (Å²) in [7, 11) is 0. The summed E-state index contributed by atoms with van der Waals surface area (Å²) in [6, 6.07) is 1.74. The smallest absolute Gasteiger partial charge is 0.286 e. The maximum Gasteiger partial charge on any atom is 0.286 e. The molecule has 0 aromatic carbocycles. The van der Waals surface area contributed by atoms with Gasteiger partial charge in [0, 0.05) is 17.9 Å². The van der Waals surface area contributed by atoms with Crippen molar-refractivity contribution in [1.29, 1.82) is 0 Å². The molecule has 1 aliphatic heterocycles. The van der Waals surface area contributed by atoms with Gasteiger partial charge in [0.05, 0.1) is 11.9 Å². The molecule has 7 heteroatoms. The lowest BCUT2D eigenvalue weighted by Crippen LogP contribution is -2.31. The summed E-state index contributed by atoms with van der Waals surface area (Å²) in [5, 5.41) is 5.36. The van der Waals surface area contributed by atoms with Crippen LogP contribution in [0.5, 0.6) is 5.88 Å². The number of carbonyl (C=O) groups is 2. The monoisotopic (exact) mass is 284 g/mol. The standard InChI is InChI=1S/C12H16N2O4S/c1-6(2)8-4-9(14-18-8)17-5-7(3)10-11(15)13-12(16)19-10/h4,6-7,10H,5H2,1-3H3,(H,13,15,16). The normalized spacial score (nSPS) is 20.7. The number of nitrogens with zero attached hydrogens (tertiary/aromatic N) is 1. The van der Waals surface area contributed by atoms with E-state index in [-0.39, 0.29) is 23.0 Å². The van der Waals surface area contributed by atoms with Gasteiger partial charge in [-0.15, -0.1) is 0 Å². The van der Waals surface area contributed by atoms with Crippen molar-refractivity contribution in [3.8, 4) is 5.88 Å². The molecule has 1 aromatic rings. The second-order valence-corrected chi connectivity index (χ2v) is 5.94. The molecule has 0 saturated carbocycles. The zero-order valence-electron chi connectivity index (χ0n) is 11.0. The van der Waals surface area contributed by atoms with Gasteiger partial charge in [-0.3, -0.25) is 14.9 Å². The van der Waals surface area contributed by atoms with Crippen LogP contribution in [0.2, 0.25) is 0 Å². The Kier molecular flexibility index (Phi) is 4.14. The Labute approximate surface area is 115 Å². The van der Waals surface area contributed by atoms with Gasteiger partial charge in [0.2, 0.25) is 5.91 Å². The molecule has 104 valence electrons. The minimum atomic E-state index is -0.399. The number of imide groups is 1. The Bertz CT molecular complexity index is 486. The predicted molar refractivity (Wildman–Crippen MR) is 70.2 cm³/mol. The number of aromatic nitrogens is 1. The number of amides is 2. The molecule has 1 saturated heterocycles. The fourth-order valence-corrected chi connectivity index (χ4v) is 2.53. The van der Waals surface area contributed by atoms with E-state index in [4.69, 9.17) is 9.26 Å². The van der Waals surface area contributed by atoms with E-state index in [2.05, 4.69) is 10.5 Å². The second kappa shape index (κ2) is 5.64. The number of rotatable bonds is 5. The van der Waals surface area contributed by atoms with Gasteiger partial charge >= 0.3 is 0 Å². The minimum absolute atomic E-state index is 0.0874. The fourth-order valence-electron chi connectivity index (χ4n) is 1.66. The van der Waals surface area contributed by atoms with Crippen LogP contribution in [0.4, 0.5) is 4.79 Å². The molecule has 0 bridgehead atoms. The largest absolute Gasteiger partial charge is 0.475 e. The first kappa shape index (κ1) is 13.9. The van der Waals surface area contributed by atoms with Crippen molar-refractivity contribution in [2.75, 3.05) is 6.61 Å². The highest BCUT2D eigenvalue weighted by Gasteiger charge is 2.36. The number of carbonyl (C=O) groups excluding carboxylic acids is 2. The van der Waals surface area contributed by atoms with Crippen molar-refractivity contribution in [2.24, 2.45) is 5.92 Å². The Morgan fingerprint density at radius 1 is 1.47 bits per heavy atom. The van der Waals surface area contributed by atoms with Crippen LogP contribution >= 0.6 is 11.8 Å². The molecule has 1 aliphatic rings. The van der Waals surface area contributed by atoms with E-state index in [0.717, 1.165) is 17.5 Å². The SMILES string of the molecule is CC(C)c1cc(OCC(C)C2SC(=O)NC2=O)no1. The van der Waals surface area contributed by atoms with Gasteiger partial charge in [0.1, 0.15) is 5.76 Å². The Morgan fingerprint density at radius 3 is 2.74 bits per heavy atom. The van der Waals surface area contributed by atoms with Crippen LogP contribution in [0, 0.1) is 5.92 Å². The molecule has 2 unspecified atom stereocenters. The van der Waals surface area contributed by atoms with Crippen molar-refractivity contribution >= 4 is 22.9 Å². The van der Waals surface area contributed by atoms with Crippen LogP contribution < -0.4 is 10.1 Å². The zero-order chi connectivity index (χ0) is 14.0. The quantitative estimate of drug-likeness (QED) is 0.892. The average Bonchev–Trinajstić information content (AvgIpc) is 2.93. The lowest BCUT2D eigenvalue weighted by atomic mass is 10.1. The maximum atomic E-state index is 11.5. The van der Waals surface area contributed by atoms with Crippen molar-refractivity contribution in [3.63, 3.8) is 0 Å². The van der Waals surface area contributed by atoms with Crippen LogP contribution in [-0.4, -0.2) is 28.2 Å². The zero-order valence-corrected chi connectivity index (χ0v) is 11.8. The number of hydrogen-bond donors (Lipinski definition) is 1. The molecule has 19 heavy (non-hydrogen) atoms. The Balaban J connectivity index is 1.87. The van der Waals surface area contributed by atoms with Crippen molar-refractivity contribution < 1.29 is 18.8 Å². The lowest BCUT2D eigenvalue weighted by molar-refractivity contribution is -0.119. The van der Waals surface area contributed by atoms with Crippen LogP contribution in [0.15, 0.2) is 10.6 Å². The minimum Gasteiger partial charge on any atom is -0.475 e. The highest BCUT2D eigenvalue weighted by Crippen LogP contribution is 2.27. The van der Waals surface area contributed by atoms with E-state index in [1.54, 1.807) is 6.07 Å². The van der Waals surface area contributed by atoms with Gasteiger partial charge in [0.15, 0.2) is 0 Å². The van der Waals surface area contributed by atoms with Gasteiger partial charge in [-0.2, -0.15) is 0 Å². The van der Waals surface area contributed by atoms with E-state index in [9.17, 15) is 9.59 Å². The summed E-state index contributed by atoms with van der Waals surface area (Å²) < 4.78 is 10.6. The molecule has 6 nitrogen and oxygen atoms in total. The van der Waals surface area contributed by atoms with E-state index in [1.807, 2.05) is 20.8 Å². The lowest BCUT2D eigenvalue weighted by Gasteiger charge is -2.14. The van der Waals surface area contributed by atoms with E-state index in [0.29, 0.717) is 12.5 Å².